The Kier molecular flexibility index (Phi) is 6.52. The van der Waals surface area contributed by atoms with Crippen LogP contribution in [-0.2, 0) is 11.3 Å². The van der Waals surface area contributed by atoms with E-state index in [1.165, 1.54) is 30.0 Å². The maximum Gasteiger partial charge on any atom is 0.408 e. The molecule has 0 spiro atoms. The van der Waals surface area contributed by atoms with E-state index in [0.717, 1.165) is 6.92 Å². The molecule has 0 aliphatic rings. The molecule has 1 unspecified atom stereocenters. The molecule has 0 fully saturated rings. The Morgan fingerprint density at radius 2 is 2.00 bits per heavy atom. The number of aryl methyl sites for hydroxylation is 1. The normalized spacial score (nSPS) is 12.6. The third-order valence-electron chi connectivity index (χ3n) is 3.99. The molecule has 10 heteroatoms. The predicted molar refractivity (Wildman–Crippen MR) is 94.9 cm³/mol. The number of alkyl halides is 3. The highest BCUT2D eigenvalue weighted by Gasteiger charge is 2.36. The van der Waals surface area contributed by atoms with Crippen LogP contribution in [0.1, 0.15) is 31.3 Å². The highest BCUT2D eigenvalue weighted by molar-refractivity contribution is 5.89. The van der Waals surface area contributed by atoms with Crippen LogP contribution in [0.5, 0.6) is 5.75 Å². The highest BCUT2D eigenvalue weighted by atomic mass is 19.4. The van der Waals surface area contributed by atoms with Gasteiger partial charge in [-0.3, -0.25) is 4.68 Å². The van der Waals surface area contributed by atoms with Gasteiger partial charge in [-0.2, -0.15) is 18.3 Å². The molecule has 0 aliphatic carbocycles. The molecule has 0 radical (unpaired) electrons. The van der Waals surface area contributed by atoms with E-state index in [-0.39, 0.29) is 35.8 Å². The monoisotopic (exact) mass is 403 g/mol. The summed E-state index contributed by atoms with van der Waals surface area (Å²) in [6.07, 6.45) is -4.42. The van der Waals surface area contributed by atoms with E-state index in [9.17, 15) is 22.4 Å². The molecular weight excluding hydrogens is 382 g/mol. The highest BCUT2D eigenvalue weighted by Crippen LogP contribution is 2.36. The second kappa shape index (κ2) is 8.49. The van der Waals surface area contributed by atoms with E-state index in [2.05, 4.69) is 10.4 Å². The molecule has 1 aromatic carbocycles. The second-order valence-electron chi connectivity index (χ2n) is 5.87. The lowest BCUT2D eigenvalue weighted by molar-refractivity contribution is -0.138. The third kappa shape index (κ3) is 4.37. The van der Waals surface area contributed by atoms with Gasteiger partial charge >= 0.3 is 12.1 Å². The summed E-state index contributed by atoms with van der Waals surface area (Å²) in [5.74, 6) is -1.66. The van der Waals surface area contributed by atoms with Gasteiger partial charge in [0.05, 0.1) is 13.7 Å². The molecule has 0 saturated heterocycles. The number of hydrogen-bond donors (Lipinski definition) is 1. The molecule has 0 amide bonds. The van der Waals surface area contributed by atoms with Gasteiger partial charge < -0.3 is 14.8 Å². The number of halogens is 4. The molecule has 1 heterocycles. The van der Waals surface area contributed by atoms with Gasteiger partial charge in [-0.1, -0.05) is 0 Å². The summed E-state index contributed by atoms with van der Waals surface area (Å²) < 4.78 is 64.5. The van der Waals surface area contributed by atoms with Crippen LogP contribution in [0, 0.1) is 5.82 Å². The Hall–Kier alpha value is -2.78. The number of carbonyl (C=O) groups excluding carboxylic acids is 1. The summed E-state index contributed by atoms with van der Waals surface area (Å²) in [5.41, 5.74) is -0.0828. The molecule has 1 atom stereocenters. The van der Waals surface area contributed by atoms with Crippen LogP contribution in [0.25, 0.3) is 11.3 Å². The zero-order chi connectivity index (χ0) is 21.1. The molecule has 2 rings (SSSR count). The number of aromatic nitrogens is 2. The molecule has 2 aromatic rings. The van der Waals surface area contributed by atoms with Crippen LogP contribution in [0.2, 0.25) is 0 Å². The molecule has 154 valence electrons. The maximum atomic E-state index is 14.9. The predicted octanol–water partition coefficient (Wildman–Crippen LogP) is 4.26. The minimum atomic E-state index is -4.42. The van der Waals surface area contributed by atoms with E-state index >= 15 is 0 Å². The van der Waals surface area contributed by atoms with Crippen LogP contribution in [-0.4, -0.2) is 41.7 Å². The lowest BCUT2D eigenvalue weighted by Crippen LogP contribution is -2.33. The Morgan fingerprint density at radius 1 is 1.32 bits per heavy atom. The van der Waals surface area contributed by atoms with Crippen molar-refractivity contribution in [3.63, 3.8) is 0 Å². The molecule has 0 bridgehead atoms. The van der Waals surface area contributed by atoms with Crippen LogP contribution >= 0.6 is 0 Å². The second-order valence-corrected chi connectivity index (χ2v) is 5.87. The third-order valence-corrected chi connectivity index (χ3v) is 3.99. The number of rotatable bonds is 7. The van der Waals surface area contributed by atoms with Crippen molar-refractivity contribution < 1.29 is 31.8 Å². The van der Waals surface area contributed by atoms with E-state index in [4.69, 9.17) is 9.47 Å². The van der Waals surface area contributed by atoms with Crippen molar-refractivity contribution in [1.29, 1.82) is 0 Å². The molecular formula is C18H21F4N3O3. The van der Waals surface area contributed by atoms with Gasteiger partial charge in [0.2, 0.25) is 5.69 Å². The van der Waals surface area contributed by atoms with Crippen molar-refractivity contribution in [2.24, 2.45) is 0 Å². The lowest BCUT2D eigenvalue weighted by Gasteiger charge is -2.19. The largest absolute Gasteiger partial charge is 0.496 e. The van der Waals surface area contributed by atoms with E-state index < -0.39 is 29.7 Å². The number of nitrogens with one attached hydrogen (secondary N) is 1. The van der Waals surface area contributed by atoms with Crippen molar-refractivity contribution in [1.82, 2.24) is 9.78 Å². The maximum absolute atomic E-state index is 14.9. The van der Waals surface area contributed by atoms with Gasteiger partial charge in [0.1, 0.15) is 17.5 Å². The summed E-state index contributed by atoms with van der Waals surface area (Å²) in [4.78, 5) is 11.9. The summed E-state index contributed by atoms with van der Waals surface area (Å²) in [6.45, 7) is 4.59. The standard InChI is InChI=1S/C18H21F4N3O3/c1-5-25-16(14(19)15(24-25)17(26)28-6-2)12-8-7-11(9-13(12)27-4)23-10(3)18(20,21)22/h7-10,23H,5-6H2,1-4H3. The zero-order valence-electron chi connectivity index (χ0n) is 15.9. The number of esters is 1. The molecule has 6 nitrogen and oxygen atoms in total. The fourth-order valence-corrected chi connectivity index (χ4v) is 2.56. The average Bonchev–Trinajstić information content (AvgIpc) is 2.97. The number of hydrogen-bond acceptors (Lipinski definition) is 5. The van der Waals surface area contributed by atoms with Crippen molar-refractivity contribution in [3.05, 3.63) is 29.7 Å². The molecule has 1 aromatic heterocycles. The van der Waals surface area contributed by atoms with Gasteiger partial charge in [0.15, 0.2) is 5.82 Å². The van der Waals surface area contributed by atoms with Gasteiger partial charge in [-0.25, -0.2) is 9.18 Å². The van der Waals surface area contributed by atoms with Crippen LogP contribution in [0.3, 0.4) is 0 Å². The Balaban J connectivity index is 2.49. The quantitative estimate of drug-likeness (QED) is 0.553. The first-order valence-corrected chi connectivity index (χ1v) is 8.59. The van der Waals surface area contributed by atoms with Gasteiger partial charge in [0.25, 0.3) is 0 Å². The summed E-state index contributed by atoms with van der Waals surface area (Å²) in [7, 11) is 1.31. The van der Waals surface area contributed by atoms with E-state index in [1.54, 1.807) is 13.8 Å². The van der Waals surface area contributed by atoms with Crippen molar-refractivity contribution in [3.8, 4) is 17.0 Å². The van der Waals surface area contributed by atoms with Crippen LogP contribution in [0.4, 0.5) is 23.2 Å². The number of nitrogens with zero attached hydrogens (tertiary/aromatic N) is 2. The number of ether oxygens (including phenoxy) is 2. The first-order valence-electron chi connectivity index (χ1n) is 8.59. The summed E-state index contributed by atoms with van der Waals surface area (Å²) in [6, 6.07) is 2.33. The van der Waals surface area contributed by atoms with Crippen LogP contribution in [0.15, 0.2) is 18.2 Å². The first kappa shape index (κ1) is 21.5. The zero-order valence-corrected chi connectivity index (χ0v) is 15.9. The number of carbonyl (C=O) groups is 1. The number of methoxy groups -OCH3 is 1. The molecule has 1 N–H and O–H groups in total. The Morgan fingerprint density at radius 3 is 2.54 bits per heavy atom. The topological polar surface area (TPSA) is 65.4 Å². The SMILES string of the molecule is CCOC(=O)c1nn(CC)c(-c2ccc(NC(C)C(F)(F)F)cc2OC)c1F. The van der Waals surface area contributed by atoms with Crippen molar-refractivity contribution in [2.75, 3.05) is 19.0 Å². The molecule has 0 saturated carbocycles. The summed E-state index contributed by atoms with van der Waals surface area (Å²) in [5, 5.41) is 6.27. The Labute approximate surface area is 159 Å². The number of anilines is 1. The smallest absolute Gasteiger partial charge is 0.408 e. The summed E-state index contributed by atoms with van der Waals surface area (Å²) >= 11 is 0. The molecule has 0 aliphatic heterocycles. The van der Waals surface area contributed by atoms with Gasteiger partial charge in [0, 0.05) is 23.9 Å². The Bertz CT molecular complexity index is 849. The number of benzene rings is 1. The minimum Gasteiger partial charge on any atom is -0.496 e. The first-order chi connectivity index (χ1) is 13.1. The fourth-order valence-electron chi connectivity index (χ4n) is 2.56. The molecule has 28 heavy (non-hydrogen) atoms. The van der Waals surface area contributed by atoms with E-state index in [0.29, 0.717) is 0 Å². The minimum absolute atomic E-state index is 0.0159. The van der Waals surface area contributed by atoms with Crippen molar-refractivity contribution >= 4 is 11.7 Å². The lowest BCUT2D eigenvalue weighted by atomic mass is 10.1. The average molecular weight is 403 g/mol. The van der Waals surface area contributed by atoms with Gasteiger partial charge in [-0.15, -0.1) is 0 Å². The fraction of sp³-hybridized carbons (Fsp3) is 0.444. The van der Waals surface area contributed by atoms with Crippen LogP contribution < -0.4 is 10.1 Å². The van der Waals surface area contributed by atoms with E-state index in [1.807, 2.05) is 0 Å². The van der Waals surface area contributed by atoms with Gasteiger partial charge in [-0.05, 0) is 32.9 Å². The van der Waals surface area contributed by atoms with Crippen molar-refractivity contribution in [2.45, 2.75) is 39.5 Å².